The van der Waals surface area contributed by atoms with Crippen LogP contribution >= 0.6 is 0 Å². The predicted molar refractivity (Wildman–Crippen MR) is 127 cm³/mol. The molecule has 6 rings (SSSR count). The Labute approximate surface area is 204 Å². The van der Waals surface area contributed by atoms with Crippen LogP contribution in [0.25, 0.3) is 11.3 Å². The van der Waals surface area contributed by atoms with Crippen LogP contribution in [-0.2, 0) is 4.74 Å². The van der Waals surface area contributed by atoms with E-state index < -0.39 is 17.5 Å². The van der Waals surface area contributed by atoms with Crippen molar-refractivity contribution in [3.8, 4) is 11.3 Å². The summed E-state index contributed by atoms with van der Waals surface area (Å²) < 4.78 is 46.7. The Bertz CT molecular complexity index is 1040. The lowest BCUT2D eigenvalue weighted by atomic mass is 9.68. The molecule has 0 radical (unpaired) electrons. The number of fused-ring (bicyclic) bond motifs is 1. The van der Waals surface area contributed by atoms with Crippen LogP contribution in [0, 0.1) is 34.7 Å². The highest BCUT2D eigenvalue weighted by Gasteiger charge is 2.45. The maximum Gasteiger partial charge on any atom is 0.168 e. The molecule has 3 heterocycles. The number of likely N-dealkylation sites (tertiary alicyclic amines) is 1. The summed E-state index contributed by atoms with van der Waals surface area (Å²) in [6.45, 7) is 4.28. The molecule has 4 fully saturated rings. The Morgan fingerprint density at radius 3 is 2.29 bits per heavy atom. The second-order valence-corrected chi connectivity index (χ2v) is 11.2. The smallest absolute Gasteiger partial charge is 0.168 e. The average Bonchev–Trinajstić information content (AvgIpc) is 3.42. The van der Waals surface area contributed by atoms with Gasteiger partial charge < -0.3 is 10.1 Å². The first-order valence-electron chi connectivity index (χ1n) is 13.0. The molecule has 1 aromatic carbocycles. The van der Waals surface area contributed by atoms with Crippen molar-refractivity contribution in [3.05, 3.63) is 41.7 Å². The number of hydrogen-bond donors (Lipinski definition) is 1. The quantitative estimate of drug-likeness (QED) is 0.585. The van der Waals surface area contributed by atoms with E-state index in [1.54, 1.807) is 12.1 Å². The third-order valence-corrected chi connectivity index (χ3v) is 9.15. The lowest BCUT2D eigenvalue weighted by Gasteiger charge is -2.45. The molecule has 35 heavy (non-hydrogen) atoms. The van der Waals surface area contributed by atoms with Gasteiger partial charge in [0.1, 0.15) is 11.6 Å². The zero-order valence-corrected chi connectivity index (χ0v) is 20.0. The highest BCUT2D eigenvalue weighted by Crippen LogP contribution is 2.47. The molecule has 0 bridgehead atoms. The predicted octanol–water partition coefficient (Wildman–Crippen LogP) is 5.42. The molecule has 0 amide bonds. The van der Waals surface area contributed by atoms with Gasteiger partial charge in [-0.25, -0.2) is 13.2 Å². The van der Waals surface area contributed by atoms with Gasteiger partial charge in [-0.15, -0.1) is 10.2 Å². The van der Waals surface area contributed by atoms with Crippen molar-refractivity contribution in [2.75, 3.05) is 31.6 Å². The molecule has 8 heteroatoms. The number of rotatable bonds is 4. The van der Waals surface area contributed by atoms with E-state index >= 15 is 0 Å². The molecule has 1 aromatic heterocycles. The van der Waals surface area contributed by atoms with E-state index in [2.05, 4.69) is 20.4 Å². The summed E-state index contributed by atoms with van der Waals surface area (Å²) in [7, 11) is 0. The Morgan fingerprint density at radius 2 is 1.63 bits per heavy atom. The number of ether oxygens (including phenoxy) is 1. The molecule has 188 valence electrons. The number of anilines is 1. The third kappa shape index (κ3) is 4.67. The molecule has 2 aromatic rings. The molecule has 5 nitrogen and oxygen atoms in total. The monoisotopic (exact) mass is 486 g/mol. The number of nitrogens with zero attached hydrogens (tertiary/aromatic N) is 3. The summed E-state index contributed by atoms with van der Waals surface area (Å²) in [6, 6.07) is 5.81. The summed E-state index contributed by atoms with van der Waals surface area (Å²) in [4.78, 5) is 2.76. The number of benzene rings is 1. The van der Waals surface area contributed by atoms with Crippen LogP contribution in [0.4, 0.5) is 19.0 Å². The van der Waals surface area contributed by atoms with Gasteiger partial charge in [0, 0.05) is 50.0 Å². The van der Waals surface area contributed by atoms with Gasteiger partial charge in [0.2, 0.25) is 0 Å². The van der Waals surface area contributed by atoms with Crippen LogP contribution in [0.5, 0.6) is 0 Å². The number of aromatic nitrogens is 2. The molecule has 2 aliphatic carbocycles. The van der Waals surface area contributed by atoms with Crippen molar-refractivity contribution in [1.82, 2.24) is 15.1 Å². The topological polar surface area (TPSA) is 50.3 Å². The lowest BCUT2D eigenvalue weighted by molar-refractivity contribution is -0.0186. The Hall–Kier alpha value is -2.19. The van der Waals surface area contributed by atoms with Gasteiger partial charge in [0.05, 0.1) is 5.69 Å². The fourth-order valence-electron chi connectivity index (χ4n) is 7.14. The van der Waals surface area contributed by atoms with Gasteiger partial charge >= 0.3 is 0 Å². The Balaban J connectivity index is 1.01. The van der Waals surface area contributed by atoms with Crippen LogP contribution in [0.3, 0.4) is 0 Å². The molecule has 4 aliphatic rings. The van der Waals surface area contributed by atoms with Crippen molar-refractivity contribution < 1.29 is 17.9 Å². The molecule has 2 saturated carbocycles. The van der Waals surface area contributed by atoms with Gasteiger partial charge in [0.25, 0.3) is 0 Å². The Kier molecular flexibility index (Phi) is 6.21. The Morgan fingerprint density at radius 1 is 0.914 bits per heavy atom. The standard InChI is InChI=1S/C27H33F3N4O/c28-19-13-22(26(30)23(29)14-19)24-1-2-25(33-32-24)31-20-11-17-15-34(16-18(17)12-20)21-3-5-27(6-4-21)7-9-35-10-8-27/h1-2,13-14,17-18,20-21H,3-12,15-16H2,(H,31,33)/t17-,18+,20+. The first-order valence-corrected chi connectivity index (χ1v) is 13.0. The molecule has 2 saturated heterocycles. The van der Waals surface area contributed by atoms with Crippen molar-refractivity contribution in [3.63, 3.8) is 0 Å². The second kappa shape index (κ2) is 9.36. The van der Waals surface area contributed by atoms with Crippen molar-refractivity contribution in [2.24, 2.45) is 17.3 Å². The van der Waals surface area contributed by atoms with Crippen LogP contribution in [-0.4, -0.2) is 53.5 Å². The van der Waals surface area contributed by atoms with Gasteiger partial charge in [0.15, 0.2) is 11.6 Å². The second-order valence-electron chi connectivity index (χ2n) is 11.2. The van der Waals surface area contributed by atoms with E-state index in [1.807, 2.05) is 0 Å². The third-order valence-electron chi connectivity index (χ3n) is 9.15. The summed E-state index contributed by atoms with van der Waals surface area (Å²) >= 11 is 0. The minimum Gasteiger partial charge on any atom is -0.381 e. The molecule has 1 spiro atoms. The summed E-state index contributed by atoms with van der Waals surface area (Å²) in [5.74, 6) is -1.15. The largest absolute Gasteiger partial charge is 0.381 e. The van der Waals surface area contributed by atoms with E-state index in [0.717, 1.165) is 38.2 Å². The maximum atomic E-state index is 14.1. The van der Waals surface area contributed by atoms with E-state index in [-0.39, 0.29) is 11.3 Å². The van der Waals surface area contributed by atoms with Crippen LogP contribution < -0.4 is 5.32 Å². The zero-order chi connectivity index (χ0) is 24.0. The first kappa shape index (κ1) is 23.2. The normalized spacial score (nSPS) is 28.9. The van der Waals surface area contributed by atoms with E-state index in [9.17, 15) is 13.2 Å². The molecular weight excluding hydrogens is 453 g/mol. The highest BCUT2D eigenvalue weighted by atomic mass is 19.2. The van der Waals surface area contributed by atoms with Crippen molar-refractivity contribution >= 4 is 5.82 Å². The molecule has 1 N–H and O–H groups in total. The molecule has 2 aliphatic heterocycles. The minimum atomic E-state index is -1.23. The number of nitrogens with one attached hydrogen (secondary N) is 1. The molecular formula is C27H33F3N4O. The average molecular weight is 487 g/mol. The highest BCUT2D eigenvalue weighted by molar-refractivity contribution is 5.60. The van der Waals surface area contributed by atoms with Gasteiger partial charge in [-0.3, -0.25) is 4.90 Å². The minimum absolute atomic E-state index is 0.111. The molecule has 0 unspecified atom stereocenters. The number of halogens is 3. The summed E-state index contributed by atoms with van der Waals surface area (Å²) in [5.41, 5.74) is 0.452. The fraction of sp³-hybridized carbons (Fsp3) is 0.630. The summed E-state index contributed by atoms with van der Waals surface area (Å²) in [5, 5.41) is 11.6. The van der Waals surface area contributed by atoms with Crippen LogP contribution in [0.1, 0.15) is 51.4 Å². The van der Waals surface area contributed by atoms with Crippen LogP contribution in [0.2, 0.25) is 0 Å². The van der Waals surface area contributed by atoms with Crippen molar-refractivity contribution in [1.29, 1.82) is 0 Å². The SMILES string of the molecule is Fc1cc(F)c(F)c(-c2ccc(N[C@H]3C[C@@H]4CN(C5CCC6(CCOCC6)CC5)C[C@@H]4C3)nn2)c1. The fourth-order valence-corrected chi connectivity index (χ4v) is 7.14. The van der Waals surface area contributed by atoms with Gasteiger partial charge in [-0.05, 0) is 86.8 Å². The lowest BCUT2D eigenvalue weighted by Crippen LogP contribution is -2.42. The van der Waals surface area contributed by atoms with Gasteiger partial charge in [-0.2, -0.15) is 0 Å². The van der Waals surface area contributed by atoms with E-state index in [4.69, 9.17) is 4.74 Å². The summed E-state index contributed by atoms with van der Waals surface area (Å²) in [6.07, 6.45) is 10.1. The first-order chi connectivity index (χ1) is 17.0. The van der Waals surface area contributed by atoms with E-state index in [0.29, 0.717) is 35.2 Å². The van der Waals surface area contributed by atoms with Crippen molar-refractivity contribution in [2.45, 2.75) is 63.5 Å². The zero-order valence-electron chi connectivity index (χ0n) is 20.0. The maximum absolute atomic E-state index is 14.1. The van der Waals surface area contributed by atoms with Crippen LogP contribution in [0.15, 0.2) is 24.3 Å². The van der Waals surface area contributed by atoms with Gasteiger partial charge in [-0.1, -0.05) is 0 Å². The number of hydrogen-bond acceptors (Lipinski definition) is 5. The molecule has 3 atom stereocenters. The van der Waals surface area contributed by atoms with E-state index in [1.165, 1.54) is 51.6 Å².